The monoisotopic (exact) mass is 271 g/mol. The van der Waals surface area contributed by atoms with Gasteiger partial charge in [0.1, 0.15) is 17.7 Å². The number of hydrogen-bond acceptors (Lipinski definition) is 6. The summed E-state index contributed by atoms with van der Waals surface area (Å²) >= 11 is 1.43. The number of nitrogen functional groups attached to an aromatic ring is 1. The first kappa shape index (κ1) is 13.2. The van der Waals surface area contributed by atoms with Crippen LogP contribution in [-0.4, -0.2) is 23.3 Å². The lowest BCUT2D eigenvalue weighted by atomic mass is 10.2. The summed E-state index contributed by atoms with van der Waals surface area (Å²) in [4.78, 5) is 10.3. The van der Waals surface area contributed by atoms with Crippen molar-refractivity contribution < 1.29 is 0 Å². The highest BCUT2D eigenvalue weighted by atomic mass is 32.2. The van der Waals surface area contributed by atoms with Crippen molar-refractivity contribution >= 4 is 29.1 Å². The summed E-state index contributed by atoms with van der Waals surface area (Å²) in [6.07, 6.45) is 1.89. The maximum absolute atomic E-state index is 9.13. The summed E-state index contributed by atoms with van der Waals surface area (Å²) in [5.41, 5.74) is 7.14. The van der Waals surface area contributed by atoms with E-state index < -0.39 is 0 Å². The lowest BCUT2D eigenvalue weighted by Gasteiger charge is -2.20. The number of benzene rings is 1. The number of thioether (sulfide) groups is 1. The van der Waals surface area contributed by atoms with Crippen LogP contribution in [0.4, 0.5) is 17.3 Å². The van der Waals surface area contributed by atoms with Crippen LogP contribution in [-0.2, 0) is 0 Å². The average Bonchev–Trinajstić information content (AvgIpc) is 2.45. The normalized spacial score (nSPS) is 9.95. The van der Waals surface area contributed by atoms with Crippen molar-refractivity contribution in [2.45, 2.75) is 5.16 Å². The average molecular weight is 271 g/mol. The Hall–Kier alpha value is -2.26. The highest BCUT2D eigenvalue weighted by molar-refractivity contribution is 7.98. The number of anilines is 3. The van der Waals surface area contributed by atoms with Crippen LogP contribution >= 0.6 is 11.8 Å². The molecule has 6 heteroatoms. The van der Waals surface area contributed by atoms with Gasteiger partial charge in [-0.05, 0) is 18.4 Å². The van der Waals surface area contributed by atoms with Crippen molar-refractivity contribution in [3.8, 4) is 6.07 Å². The van der Waals surface area contributed by atoms with E-state index in [-0.39, 0.29) is 0 Å². The molecule has 2 N–H and O–H groups in total. The second-order valence-corrected chi connectivity index (χ2v) is 4.60. The Morgan fingerprint density at radius 2 is 2.05 bits per heavy atom. The van der Waals surface area contributed by atoms with E-state index in [9.17, 15) is 0 Å². The Bertz CT molecular complexity index is 635. The molecule has 0 fully saturated rings. The second kappa shape index (κ2) is 5.59. The van der Waals surface area contributed by atoms with Crippen molar-refractivity contribution in [3.63, 3.8) is 0 Å². The maximum Gasteiger partial charge on any atom is 0.191 e. The molecule has 96 valence electrons. The zero-order chi connectivity index (χ0) is 13.8. The zero-order valence-corrected chi connectivity index (χ0v) is 11.5. The molecule has 0 aliphatic carbocycles. The van der Waals surface area contributed by atoms with Gasteiger partial charge in [0.25, 0.3) is 0 Å². The summed E-state index contributed by atoms with van der Waals surface area (Å²) in [7, 11) is 1.85. The fourth-order valence-electron chi connectivity index (χ4n) is 1.68. The minimum atomic E-state index is 0.413. The first-order valence-electron chi connectivity index (χ1n) is 5.57. The van der Waals surface area contributed by atoms with E-state index >= 15 is 0 Å². The Balaban J connectivity index is 2.47. The van der Waals surface area contributed by atoms with Gasteiger partial charge in [-0.15, -0.1) is 0 Å². The number of nitrogens with two attached hydrogens (primary N) is 1. The van der Waals surface area contributed by atoms with Gasteiger partial charge in [0.15, 0.2) is 5.16 Å². The fourth-order valence-corrected chi connectivity index (χ4v) is 2.06. The molecule has 2 aromatic rings. The van der Waals surface area contributed by atoms with Crippen LogP contribution in [0, 0.1) is 11.3 Å². The minimum absolute atomic E-state index is 0.413. The van der Waals surface area contributed by atoms with Crippen LogP contribution in [0.25, 0.3) is 0 Å². The molecule has 2 rings (SSSR count). The number of aromatic nitrogens is 2. The van der Waals surface area contributed by atoms with Crippen LogP contribution in [0.3, 0.4) is 0 Å². The number of nitriles is 1. The van der Waals surface area contributed by atoms with E-state index in [1.165, 1.54) is 11.8 Å². The summed E-state index contributed by atoms with van der Waals surface area (Å²) in [5, 5.41) is 9.74. The van der Waals surface area contributed by atoms with Gasteiger partial charge in [-0.3, -0.25) is 0 Å². The van der Waals surface area contributed by atoms with Gasteiger partial charge in [-0.25, -0.2) is 9.97 Å². The summed E-state index contributed by atoms with van der Waals surface area (Å²) in [6, 6.07) is 11.2. The molecule has 0 amide bonds. The standard InChI is InChI=1S/C13H13N5S/c1-18(10-6-4-3-5-9(10)8-14)12-7-11(15)16-13(17-12)19-2/h3-7H,1-2H3,(H2,15,16,17). The Morgan fingerprint density at radius 1 is 1.32 bits per heavy atom. The molecule has 0 unspecified atom stereocenters. The van der Waals surface area contributed by atoms with Crippen LogP contribution in [0.5, 0.6) is 0 Å². The van der Waals surface area contributed by atoms with E-state index in [0.717, 1.165) is 5.69 Å². The topological polar surface area (TPSA) is 78.8 Å². The molecule has 1 heterocycles. The van der Waals surface area contributed by atoms with Crippen molar-refractivity contribution in [1.82, 2.24) is 9.97 Å². The summed E-state index contributed by atoms with van der Waals surface area (Å²) in [5.74, 6) is 1.08. The SMILES string of the molecule is CSc1nc(N)cc(N(C)c2ccccc2C#N)n1. The molecule has 0 spiro atoms. The smallest absolute Gasteiger partial charge is 0.191 e. The first-order chi connectivity index (χ1) is 9.15. The fraction of sp³-hybridized carbons (Fsp3) is 0.154. The lowest BCUT2D eigenvalue weighted by molar-refractivity contribution is 0.952. The predicted molar refractivity (Wildman–Crippen MR) is 77.4 cm³/mol. The van der Waals surface area contributed by atoms with Gasteiger partial charge in [-0.2, -0.15) is 5.26 Å². The van der Waals surface area contributed by atoms with Crippen LogP contribution in [0.15, 0.2) is 35.5 Å². The molecule has 0 saturated carbocycles. The van der Waals surface area contributed by atoms with Crippen LogP contribution in [0.2, 0.25) is 0 Å². The Kier molecular flexibility index (Phi) is 3.88. The van der Waals surface area contributed by atoms with Gasteiger partial charge in [0.05, 0.1) is 11.3 Å². The van der Waals surface area contributed by atoms with Gasteiger partial charge in [0.2, 0.25) is 0 Å². The van der Waals surface area contributed by atoms with E-state index in [2.05, 4.69) is 16.0 Å². The Morgan fingerprint density at radius 3 is 2.74 bits per heavy atom. The Labute approximate surface area is 116 Å². The maximum atomic E-state index is 9.13. The van der Waals surface area contributed by atoms with Gasteiger partial charge in [0, 0.05) is 13.1 Å². The van der Waals surface area contributed by atoms with Crippen molar-refractivity contribution in [2.75, 3.05) is 23.9 Å². The molecule has 5 nitrogen and oxygen atoms in total. The number of rotatable bonds is 3. The van der Waals surface area contributed by atoms with Gasteiger partial charge in [-0.1, -0.05) is 23.9 Å². The molecule has 0 radical (unpaired) electrons. The molecule has 0 aliphatic rings. The third-order valence-corrected chi connectivity index (χ3v) is 3.17. The zero-order valence-electron chi connectivity index (χ0n) is 10.7. The quantitative estimate of drug-likeness (QED) is 0.682. The van der Waals surface area contributed by atoms with E-state index in [1.54, 1.807) is 12.1 Å². The molecule has 0 atom stereocenters. The third-order valence-electron chi connectivity index (χ3n) is 2.62. The van der Waals surface area contributed by atoms with E-state index in [0.29, 0.717) is 22.4 Å². The molecule has 19 heavy (non-hydrogen) atoms. The summed E-state index contributed by atoms with van der Waals surface area (Å²) < 4.78 is 0. The molecular formula is C13H13N5S. The molecule has 0 aliphatic heterocycles. The second-order valence-electron chi connectivity index (χ2n) is 3.83. The highest BCUT2D eigenvalue weighted by Gasteiger charge is 2.11. The van der Waals surface area contributed by atoms with Crippen LogP contribution < -0.4 is 10.6 Å². The minimum Gasteiger partial charge on any atom is -0.383 e. The summed E-state index contributed by atoms with van der Waals surface area (Å²) in [6.45, 7) is 0. The third kappa shape index (κ3) is 2.77. The van der Waals surface area contributed by atoms with E-state index in [4.69, 9.17) is 11.0 Å². The van der Waals surface area contributed by atoms with E-state index in [1.807, 2.05) is 36.4 Å². The van der Waals surface area contributed by atoms with Crippen molar-refractivity contribution in [3.05, 3.63) is 35.9 Å². The molecule has 1 aromatic heterocycles. The van der Waals surface area contributed by atoms with Crippen molar-refractivity contribution in [2.24, 2.45) is 0 Å². The molecule has 0 bridgehead atoms. The highest BCUT2D eigenvalue weighted by Crippen LogP contribution is 2.27. The molecular weight excluding hydrogens is 258 g/mol. The number of para-hydroxylation sites is 1. The van der Waals surface area contributed by atoms with Crippen LogP contribution in [0.1, 0.15) is 5.56 Å². The van der Waals surface area contributed by atoms with Gasteiger partial charge < -0.3 is 10.6 Å². The first-order valence-corrected chi connectivity index (χ1v) is 6.79. The van der Waals surface area contributed by atoms with Crippen molar-refractivity contribution in [1.29, 1.82) is 5.26 Å². The predicted octanol–water partition coefficient (Wildman–Crippen LogP) is 2.42. The molecule has 0 saturated heterocycles. The van der Waals surface area contributed by atoms with Gasteiger partial charge >= 0.3 is 0 Å². The number of hydrogen-bond donors (Lipinski definition) is 1. The number of nitrogens with zero attached hydrogens (tertiary/aromatic N) is 4. The molecule has 1 aromatic carbocycles. The lowest BCUT2D eigenvalue weighted by Crippen LogP contribution is -2.14. The largest absolute Gasteiger partial charge is 0.383 e.